The van der Waals surface area contributed by atoms with Crippen molar-refractivity contribution in [3.05, 3.63) is 45.7 Å². The van der Waals surface area contributed by atoms with E-state index in [1.54, 1.807) is 0 Å². The van der Waals surface area contributed by atoms with E-state index < -0.39 is 22.8 Å². The minimum atomic E-state index is -1.43. The van der Waals surface area contributed by atoms with Crippen LogP contribution < -0.4 is 10.5 Å². The van der Waals surface area contributed by atoms with Gasteiger partial charge in [-0.1, -0.05) is 19.1 Å². The largest absolute Gasteiger partial charge is 0.506 e. The molecule has 2 fully saturated rings. The van der Waals surface area contributed by atoms with Gasteiger partial charge in [-0.05, 0) is 50.0 Å². The van der Waals surface area contributed by atoms with Gasteiger partial charge >= 0.3 is 5.97 Å². The molecule has 148 valence electrons. The molecule has 3 N–H and O–H groups in total. The standard InChI is InChI=1S/C21H25N3O4/c1-4-13-17(22-20(26)16(19(13)25)21(27)28)11-5-7-12(8-6-11)24-9-14-15(10-24)18(14)23(2)3/h5-8,14-15,18H,4,9-10H2,1-3H3,(H,27,28)(H2,22,25,26)/t14-,15+,18?. The normalized spacial score (nSPS) is 23.1. The van der Waals surface area contributed by atoms with Gasteiger partial charge in [-0.3, -0.25) is 4.79 Å². The maximum Gasteiger partial charge on any atom is 0.345 e. The zero-order valence-electron chi connectivity index (χ0n) is 16.3. The van der Waals surface area contributed by atoms with Crippen molar-refractivity contribution < 1.29 is 15.0 Å². The fourth-order valence-corrected chi connectivity index (χ4v) is 4.73. The summed E-state index contributed by atoms with van der Waals surface area (Å²) in [6.45, 7) is 3.92. The van der Waals surface area contributed by atoms with E-state index in [-0.39, 0.29) is 0 Å². The molecule has 0 radical (unpaired) electrons. The zero-order chi connectivity index (χ0) is 20.2. The van der Waals surface area contributed by atoms with Crippen molar-refractivity contribution in [1.82, 2.24) is 9.88 Å². The van der Waals surface area contributed by atoms with Crippen LogP contribution in [-0.4, -0.2) is 59.3 Å². The lowest BCUT2D eigenvalue weighted by Gasteiger charge is -2.24. The van der Waals surface area contributed by atoms with Crippen LogP contribution in [0.25, 0.3) is 11.3 Å². The number of nitrogens with one attached hydrogen (secondary N) is 1. The predicted molar refractivity (Wildman–Crippen MR) is 107 cm³/mol. The van der Waals surface area contributed by atoms with Crippen LogP contribution in [0.5, 0.6) is 5.75 Å². The minimum absolute atomic E-state index is 0.404. The quantitative estimate of drug-likeness (QED) is 0.731. The molecule has 7 heteroatoms. The summed E-state index contributed by atoms with van der Waals surface area (Å²) in [6, 6.07) is 8.55. The summed E-state index contributed by atoms with van der Waals surface area (Å²) in [5.41, 5.74) is 1.39. The highest BCUT2D eigenvalue weighted by Gasteiger charge is 2.56. The van der Waals surface area contributed by atoms with Crippen LogP contribution in [0.2, 0.25) is 0 Å². The first kappa shape index (κ1) is 18.6. The smallest absolute Gasteiger partial charge is 0.345 e. The average molecular weight is 383 g/mol. The number of aromatic hydroxyl groups is 1. The number of aromatic carboxylic acids is 1. The van der Waals surface area contributed by atoms with E-state index in [0.717, 1.165) is 36.2 Å². The van der Waals surface area contributed by atoms with Crippen LogP contribution in [0.4, 0.5) is 5.69 Å². The Kier molecular flexibility index (Phi) is 4.42. The SMILES string of the molecule is CCc1c(-c2ccc(N3C[C@@H]4C(N(C)C)[C@@H]4C3)cc2)[nH]c(=O)c(C(=O)O)c1O. The molecule has 7 nitrogen and oxygen atoms in total. The van der Waals surface area contributed by atoms with E-state index in [9.17, 15) is 19.8 Å². The fraction of sp³-hybridized carbons (Fsp3) is 0.429. The Morgan fingerprint density at radius 3 is 2.32 bits per heavy atom. The van der Waals surface area contributed by atoms with Crippen LogP contribution in [0.15, 0.2) is 29.1 Å². The second-order valence-corrected chi connectivity index (χ2v) is 7.92. The van der Waals surface area contributed by atoms with Gasteiger partial charge in [-0.2, -0.15) is 0 Å². The average Bonchev–Trinajstić information content (AvgIpc) is 3.16. The third-order valence-electron chi connectivity index (χ3n) is 6.12. The molecule has 1 saturated heterocycles. The highest BCUT2D eigenvalue weighted by Crippen LogP contribution is 2.49. The molecule has 1 aromatic carbocycles. The monoisotopic (exact) mass is 383 g/mol. The Balaban J connectivity index is 1.60. The molecule has 1 aromatic heterocycles. The van der Waals surface area contributed by atoms with Gasteiger partial charge in [0.2, 0.25) is 0 Å². The maximum absolute atomic E-state index is 12.1. The third-order valence-corrected chi connectivity index (χ3v) is 6.12. The number of aromatic nitrogens is 1. The molecule has 1 saturated carbocycles. The Hall–Kier alpha value is -2.80. The molecule has 2 heterocycles. The number of pyridine rings is 1. The number of hydrogen-bond acceptors (Lipinski definition) is 5. The topological polar surface area (TPSA) is 96.9 Å². The van der Waals surface area contributed by atoms with E-state index in [0.29, 0.717) is 23.7 Å². The van der Waals surface area contributed by atoms with E-state index in [1.165, 1.54) is 0 Å². The number of fused-ring (bicyclic) bond motifs is 1. The summed E-state index contributed by atoms with van der Waals surface area (Å²) in [4.78, 5) is 30.7. The molecule has 0 amide bonds. The summed E-state index contributed by atoms with van der Waals surface area (Å²) in [7, 11) is 4.28. The van der Waals surface area contributed by atoms with Gasteiger partial charge in [0.05, 0.1) is 5.69 Å². The van der Waals surface area contributed by atoms with Gasteiger partial charge < -0.3 is 25.0 Å². The van der Waals surface area contributed by atoms with E-state index >= 15 is 0 Å². The predicted octanol–water partition coefficient (Wildman–Crippen LogP) is 2.00. The number of carboxylic acids is 1. The summed E-state index contributed by atoms with van der Waals surface area (Å²) < 4.78 is 0. The number of anilines is 1. The lowest BCUT2D eigenvalue weighted by Crippen LogP contribution is -2.30. The summed E-state index contributed by atoms with van der Waals surface area (Å²) in [5, 5.41) is 19.5. The number of carboxylic acid groups (broad SMARTS) is 1. The molecular weight excluding hydrogens is 358 g/mol. The molecular formula is C21H25N3O4. The van der Waals surface area contributed by atoms with Crippen LogP contribution in [-0.2, 0) is 6.42 Å². The molecule has 2 aromatic rings. The first-order valence-electron chi connectivity index (χ1n) is 9.56. The number of rotatable bonds is 5. The Labute approximate surface area is 163 Å². The van der Waals surface area contributed by atoms with E-state index in [4.69, 9.17) is 0 Å². The fourth-order valence-electron chi connectivity index (χ4n) is 4.73. The van der Waals surface area contributed by atoms with E-state index in [2.05, 4.69) is 28.9 Å². The summed E-state index contributed by atoms with van der Waals surface area (Å²) >= 11 is 0. The lowest BCUT2D eigenvalue weighted by atomic mass is 10.0. The van der Waals surface area contributed by atoms with Crippen molar-refractivity contribution in [2.24, 2.45) is 11.8 Å². The number of H-pyrrole nitrogens is 1. The van der Waals surface area contributed by atoms with Gasteiger partial charge in [0.15, 0.2) is 5.56 Å². The lowest BCUT2D eigenvalue weighted by molar-refractivity contribution is 0.0691. The van der Waals surface area contributed by atoms with Crippen LogP contribution in [0.1, 0.15) is 22.8 Å². The van der Waals surface area contributed by atoms with E-state index in [1.807, 2.05) is 31.2 Å². The number of nitrogens with zero attached hydrogens (tertiary/aromatic N) is 2. The Bertz CT molecular complexity index is 968. The maximum atomic E-state index is 12.1. The van der Waals surface area contributed by atoms with Crippen molar-refractivity contribution in [2.75, 3.05) is 32.1 Å². The number of aromatic amines is 1. The van der Waals surface area contributed by atoms with Gasteiger partial charge in [0.1, 0.15) is 5.75 Å². The van der Waals surface area contributed by atoms with Gasteiger partial charge in [-0.25, -0.2) is 4.79 Å². The first-order valence-corrected chi connectivity index (χ1v) is 9.56. The molecule has 4 rings (SSSR count). The minimum Gasteiger partial charge on any atom is -0.506 e. The Morgan fingerprint density at radius 2 is 1.82 bits per heavy atom. The molecule has 0 bridgehead atoms. The van der Waals surface area contributed by atoms with Crippen molar-refractivity contribution in [2.45, 2.75) is 19.4 Å². The highest BCUT2D eigenvalue weighted by molar-refractivity contribution is 5.92. The van der Waals surface area contributed by atoms with Gasteiger partial charge in [0, 0.05) is 30.4 Å². The summed E-state index contributed by atoms with van der Waals surface area (Å²) in [5.74, 6) is -0.414. The van der Waals surface area contributed by atoms with Crippen molar-refractivity contribution in [3.63, 3.8) is 0 Å². The second-order valence-electron chi connectivity index (χ2n) is 7.92. The molecule has 1 aliphatic heterocycles. The van der Waals surface area contributed by atoms with Crippen molar-refractivity contribution >= 4 is 11.7 Å². The number of benzene rings is 1. The number of carbonyl (C=O) groups is 1. The summed E-state index contributed by atoms with van der Waals surface area (Å²) in [6.07, 6.45) is 0.404. The highest BCUT2D eigenvalue weighted by atomic mass is 16.4. The zero-order valence-corrected chi connectivity index (χ0v) is 16.3. The molecule has 1 unspecified atom stereocenters. The molecule has 1 aliphatic carbocycles. The van der Waals surface area contributed by atoms with Crippen LogP contribution in [0.3, 0.4) is 0 Å². The van der Waals surface area contributed by atoms with Crippen molar-refractivity contribution in [1.29, 1.82) is 0 Å². The molecule has 3 atom stereocenters. The Morgan fingerprint density at radius 1 is 1.21 bits per heavy atom. The van der Waals surface area contributed by atoms with Crippen LogP contribution >= 0.6 is 0 Å². The second kappa shape index (κ2) is 6.67. The number of piperidine rings is 1. The molecule has 0 spiro atoms. The molecule has 2 aliphatic rings. The number of hydrogen-bond donors (Lipinski definition) is 3. The van der Waals surface area contributed by atoms with Gasteiger partial charge in [0.25, 0.3) is 5.56 Å². The first-order chi connectivity index (χ1) is 13.3. The van der Waals surface area contributed by atoms with Gasteiger partial charge in [-0.15, -0.1) is 0 Å². The van der Waals surface area contributed by atoms with Crippen molar-refractivity contribution in [3.8, 4) is 17.0 Å². The molecule has 28 heavy (non-hydrogen) atoms. The van der Waals surface area contributed by atoms with Crippen LogP contribution in [0, 0.1) is 11.8 Å². The third kappa shape index (κ3) is 2.86.